The van der Waals surface area contributed by atoms with Crippen molar-refractivity contribution in [3.8, 4) is 12.1 Å². The van der Waals surface area contributed by atoms with Gasteiger partial charge in [-0.2, -0.15) is 10.5 Å². The molecule has 0 aromatic carbocycles. The molecule has 2 rings (SSSR count). The summed E-state index contributed by atoms with van der Waals surface area (Å²) in [6.45, 7) is 0. The largest absolute Gasteiger partial charge is 0.365 e. The molecule has 1 aliphatic carbocycles. The third kappa shape index (κ3) is 0.824. The molecule has 11 heavy (non-hydrogen) atoms. The Balaban J connectivity index is 2.33. The Bertz CT molecular complexity index is 289. The molecular weight excluding hydrogens is 140 g/mol. The molecule has 0 amide bonds. The zero-order valence-corrected chi connectivity index (χ0v) is 5.87. The van der Waals surface area contributed by atoms with Gasteiger partial charge in [0.25, 0.3) is 0 Å². The summed E-state index contributed by atoms with van der Waals surface area (Å²) in [5.74, 6) is 0. The number of allylic oxidation sites excluding steroid dienone is 1. The third-order valence-corrected chi connectivity index (χ3v) is 2.17. The quantitative estimate of drug-likeness (QED) is 0.376. The summed E-state index contributed by atoms with van der Waals surface area (Å²) in [5, 5.41) is 17.1. The second-order valence-corrected chi connectivity index (χ2v) is 2.76. The molecule has 2 fully saturated rings. The van der Waals surface area contributed by atoms with Crippen LogP contribution in [0.25, 0.3) is 0 Å². The van der Waals surface area contributed by atoms with E-state index >= 15 is 0 Å². The number of fused-ring (bicyclic) bond motifs is 1. The zero-order valence-electron chi connectivity index (χ0n) is 5.87. The lowest BCUT2D eigenvalue weighted by atomic mass is 10.1. The maximum absolute atomic E-state index is 8.54. The summed E-state index contributed by atoms with van der Waals surface area (Å²) >= 11 is 0. The van der Waals surface area contributed by atoms with Crippen molar-refractivity contribution in [1.82, 2.24) is 0 Å². The normalized spacial score (nSPS) is 32.0. The van der Waals surface area contributed by atoms with E-state index in [2.05, 4.69) is 0 Å². The highest BCUT2D eigenvalue weighted by atomic mass is 16.6. The minimum Gasteiger partial charge on any atom is -0.365 e. The lowest BCUT2D eigenvalue weighted by molar-refractivity contribution is 0.352. The third-order valence-electron chi connectivity index (χ3n) is 2.17. The number of epoxide rings is 1. The van der Waals surface area contributed by atoms with Crippen molar-refractivity contribution < 1.29 is 4.74 Å². The number of rotatable bonds is 0. The van der Waals surface area contributed by atoms with E-state index in [0.717, 1.165) is 18.4 Å². The van der Waals surface area contributed by atoms with Gasteiger partial charge in [-0.3, -0.25) is 0 Å². The Kier molecular flexibility index (Phi) is 1.21. The van der Waals surface area contributed by atoms with Gasteiger partial charge in [0.2, 0.25) is 0 Å². The van der Waals surface area contributed by atoms with E-state index in [4.69, 9.17) is 15.3 Å². The van der Waals surface area contributed by atoms with Crippen LogP contribution in [0.15, 0.2) is 11.1 Å². The predicted molar refractivity (Wildman–Crippen MR) is 36.1 cm³/mol. The molecule has 1 saturated heterocycles. The predicted octanol–water partition coefficient (Wildman–Crippen LogP) is 0.891. The van der Waals surface area contributed by atoms with Gasteiger partial charge in [-0.1, -0.05) is 0 Å². The van der Waals surface area contributed by atoms with Crippen molar-refractivity contribution in [3.05, 3.63) is 11.1 Å². The van der Waals surface area contributed by atoms with Crippen molar-refractivity contribution in [1.29, 1.82) is 10.5 Å². The maximum Gasteiger partial charge on any atom is 0.131 e. The van der Waals surface area contributed by atoms with Crippen LogP contribution in [0.2, 0.25) is 0 Å². The van der Waals surface area contributed by atoms with Gasteiger partial charge < -0.3 is 4.74 Å². The fraction of sp³-hybridized carbons (Fsp3) is 0.500. The van der Waals surface area contributed by atoms with Crippen LogP contribution in [-0.2, 0) is 4.74 Å². The molecule has 0 spiro atoms. The summed E-state index contributed by atoms with van der Waals surface area (Å²) in [7, 11) is 0. The first-order chi connectivity index (χ1) is 5.36. The molecule has 3 heteroatoms. The van der Waals surface area contributed by atoms with Crippen molar-refractivity contribution in [2.45, 2.75) is 25.0 Å². The Hall–Kier alpha value is -1.32. The van der Waals surface area contributed by atoms with E-state index in [1.54, 1.807) is 0 Å². The Labute approximate surface area is 64.5 Å². The van der Waals surface area contributed by atoms with Gasteiger partial charge in [-0.25, -0.2) is 0 Å². The van der Waals surface area contributed by atoms with Crippen molar-refractivity contribution >= 4 is 0 Å². The van der Waals surface area contributed by atoms with E-state index < -0.39 is 0 Å². The summed E-state index contributed by atoms with van der Waals surface area (Å²) in [5.41, 5.74) is 1.18. The number of ether oxygens (including phenoxy) is 1. The molecule has 1 saturated carbocycles. The van der Waals surface area contributed by atoms with Gasteiger partial charge in [0.15, 0.2) is 0 Å². The number of nitriles is 2. The smallest absolute Gasteiger partial charge is 0.131 e. The van der Waals surface area contributed by atoms with Gasteiger partial charge in [0.05, 0.1) is 6.10 Å². The molecule has 0 aromatic rings. The Morgan fingerprint density at radius 2 is 2.18 bits per heavy atom. The average Bonchev–Trinajstić information content (AvgIpc) is 2.70. The van der Waals surface area contributed by atoms with Crippen molar-refractivity contribution in [2.24, 2.45) is 0 Å². The van der Waals surface area contributed by atoms with E-state index in [1.165, 1.54) is 0 Å². The Morgan fingerprint density at radius 1 is 1.45 bits per heavy atom. The van der Waals surface area contributed by atoms with Crippen LogP contribution < -0.4 is 0 Å². The van der Waals surface area contributed by atoms with Gasteiger partial charge in [-0.05, 0) is 18.4 Å². The maximum atomic E-state index is 8.54. The van der Waals surface area contributed by atoms with E-state index in [9.17, 15) is 0 Å². The molecule has 0 bridgehead atoms. The molecule has 1 heterocycles. The van der Waals surface area contributed by atoms with E-state index in [0.29, 0.717) is 6.10 Å². The van der Waals surface area contributed by atoms with Crippen LogP contribution in [0.3, 0.4) is 0 Å². The first-order valence-corrected chi connectivity index (χ1v) is 3.55. The summed E-state index contributed by atoms with van der Waals surface area (Å²) in [6.07, 6.45) is 2.28. The standard InChI is InChI=1S/C8H6N2O/c9-3-5(4-10)6-1-2-7-8(6)11-7/h7-8H,1-2H2. The molecule has 0 aromatic heterocycles. The number of nitrogens with zero attached hydrogens (tertiary/aromatic N) is 2. The van der Waals surface area contributed by atoms with Crippen LogP contribution in [0.4, 0.5) is 0 Å². The van der Waals surface area contributed by atoms with Crippen molar-refractivity contribution in [3.63, 3.8) is 0 Å². The lowest BCUT2D eigenvalue weighted by Gasteiger charge is -1.94. The summed E-state index contributed by atoms with van der Waals surface area (Å²) in [6, 6.07) is 3.78. The van der Waals surface area contributed by atoms with Crippen molar-refractivity contribution in [2.75, 3.05) is 0 Å². The highest BCUT2D eigenvalue weighted by molar-refractivity contribution is 5.45. The summed E-state index contributed by atoms with van der Waals surface area (Å²) in [4.78, 5) is 0. The van der Waals surface area contributed by atoms with Gasteiger partial charge >= 0.3 is 0 Å². The van der Waals surface area contributed by atoms with E-state index in [-0.39, 0.29) is 11.7 Å². The minimum absolute atomic E-state index is 0.115. The van der Waals surface area contributed by atoms with E-state index in [1.807, 2.05) is 12.1 Å². The molecule has 2 aliphatic rings. The second kappa shape index (κ2) is 2.08. The highest BCUT2D eigenvalue weighted by Gasteiger charge is 2.48. The monoisotopic (exact) mass is 146 g/mol. The lowest BCUT2D eigenvalue weighted by Crippen LogP contribution is -1.91. The van der Waals surface area contributed by atoms with Gasteiger partial charge in [0.1, 0.15) is 23.8 Å². The molecule has 0 N–H and O–H groups in total. The topological polar surface area (TPSA) is 60.1 Å². The first kappa shape index (κ1) is 6.39. The number of hydrogen-bond acceptors (Lipinski definition) is 3. The second-order valence-electron chi connectivity index (χ2n) is 2.76. The highest BCUT2D eigenvalue weighted by Crippen LogP contribution is 2.43. The molecule has 2 unspecified atom stereocenters. The fourth-order valence-electron chi connectivity index (χ4n) is 1.54. The zero-order chi connectivity index (χ0) is 7.84. The molecule has 3 nitrogen and oxygen atoms in total. The first-order valence-electron chi connectivity index (χ1n) is 3.55. The van der Waals surface area contributed by atoms with Crippen LogP contribution in [0, 0.1) is 22.7 Å². The van der Waals surface area contributed by atoms with Crippen LogP contribution >= 0.6 is 0 Å². The van der Waals surface area contributed by atoms with Gasteiger partial charge in [-0.15, -0.1) is 0 Å². The Morgan fingerprint density at radius 3 is 2.55 bits per heavy atom. The molecule has 2 atom stereocenters. The molecule has 54 valence electrons. The fourth-order valence-corrected chi connectivity index (χ4v) is 1.54. The van der Waals surface area contributed by atoms with Crippen LogP contribution in [0.1, 0.15) is 12.8 Å². The number of hydrogen-bond donors (Lipinski definition) is 0. The summed E-state index contributed by atoms with van der Waals surface area (Å²) < 4.78 is 5.19. The molecule has 0 radical (unpaired) electrons. The molecular formula is C8H6N2O. The molecule has 1 aliphatic heterocycles. The minimum atomic E-state index is 0.115. The van der Waals surface area contributed by atoms with Crippen LogP contribution in [0.5, 0.6) is 0 Å². The SMILES string of the molecule is N#CC(C#N)=C1CCC2OC12. The average molecular weight is 146 g/mol. The van der Waals surface area contributed by atoms with Crippen LogP contribution in [-0.4, -0.2) is 12.2 Å². The van der Waals surface area contributed by atoms with Gasteiger partial charge in [0, 0.05) is 0 Å².